The molecule has 0 atom stereocenters. The lowest BCUT2D eigenvalue weighted by molar-refractivity contribution is -0.0353. The number of ether oxygens (including phenoxy) is 1. The lowest BCUT2D eigenvalue weighted by Gasteiger charge is -2.35. The molecule has 0 unspecified atom stereocenters. The minimum atomic E-state index is -0.696. The van der Waals surface area contributed by atoms with Gasteiger partial charge >= 0.3 is 0 Å². The van der Waals surface area contributed by atoms with Crippen molar-refractivity contribution >= 4 is 38.3 Å². The van der Waals surface area contributed by atoms with Gasteiger partial charge in [0.25, 0.3) is 0 Å². The minimum absolute atomic E-state index is 0.691. The molecule has 3 aromatic heterocycles. The van der Waals surface area contributed by atoms with Gasteiger partial charge in [-0.25, -0.2) is 9.97 Å². The van der Waals surface area contributed by atoms with E-state index in [9.17, 15) is 5.11 Å². The number of nitrogens with zero attached hydrogens (tertiary/aromatic N) is 4. The predicted octanol–water partition coefficient (Wildman–Crippen LogP) is 3.44. The van der Waals surface area contributed by atoms with Crippen molar-refractivity contribution in [2.24, 2.45) is 0 Å². The Morgan fingerprint density at radius 3 is 2.83 bits per heavy atom. The Morgan fingerprint density at radius 1 is 1.17 bits per heavy atom. The zero-order valence-corrected chi connectivity index (χ0v) is 16.7. The van der Waals surface area contributed by atoms with E-state index < -0.39 is 5.60 Å². The van der Waals surface area contributed by atoms with Crippen LogP contribution in [0.15, 0.2) is 30.5 Å². The van der Waals surface area contributed by atoms with Gasteiger partial charge in [0, 0.05) is 28.9 Å². The van der Waals surface area contributed by atoms with Gasteiger partial charge in [0.05, 0.1) is 40.7 Å². The molecule has 1 saturated heterocycles. The molecule has 2 aliphatic rings. The first-order chi connectivity index (χ1) is 14.2. The highest BCUT2D eigenvalue weighted by molar-refractivity contribution is 7.19. The number of aromatic amines is 1. The normalized spacial score (nSPS) is 19.0. The third kappa shape index (κ3) is 2.74. The second-order valence-corrected chi connectivity index (χ2v) is 8.87. The summed E-state index contributed by atoms with van der Waals surface area (Å²) in [5, 5.41) is 19.1. The van der Waals surface area contributed by atoms with Crippen molar-refractivity contribution in [3.05, 3.63) is 35.3 Å². The van der Waals surface area contributed by atoms with Gasteiger partial charge in [0.2, 0.25) is 0 Å². The van der Waals surface area contributed by atoms with Gasteiger partial charge in [-0.2, -0.15) is 5.10 Å². The highest BCUT2D eigenvalue weighted by Crippen LogP contribution is 2.47. The van der Waals surface area contributed by atoms with Crippen molar-refractivity contribution in [2.75, 3.05) is 31.2 Å². The summed E-state index contributed by atoms with van der Waals surface area (Å²) in [5.74, 6) is 1.63. The highest BCUT2D eigenvalue weighted by Gasteiger charge is 2.38. The summed E-state index contributed by atoms with van der Waals surface area (Å²) < 4.78 is 6.59. The third-order valence-electron chi connectivity index (χ3n) is 6.03. The molecule has 1 aromatic carbocycles. The summed E-state index contributed by atoms with van der Waals surface area (Å²) >= 11 is 1.63. The summed E-state index contributed by atoms with van der Waals surface area (Å²) in [6.07, 6.45) is 4.53. The van der Waals surface area contributed by atoms with Gasteiger partial charge in [-0.05, 0) is 31.4 Å². The smallest absolute Gasteiger partial charge is 0.162 e. The number of nitrogens with one attached hydrogen (secondary N) is 1. The molecule has 0 radical (unpaired) electrons. The van der Waals surface area contributed by atoms with E-state index in [1.165, 1.54) is 0 Å². The Labute approximate surface area is 171 Å². The molecule has 7 nitrogen and oxygen atoms in total. The van der Waals surface area contributed by atoms with Crippen molar-refractivity contribution < 1.29 is 9.84 Å². The van der Waals surface area contributed by atoms with Gasteiger partial charge in [-0.15, -0.1) is 11.3 Å². The molecule has 8 heteroatoms. The molecule has 2 fully saturated rings. The Balaban J connectivity index is 1.57. The van der Waals surface area contributed by atoms with Gasteiger partial charge in [-0.1, -0.05) is 12.1 Å². The van der Waals surface area contributed by atoms with Crippen LogP contribution in [-0.2, 0) is 10.3 Å². The molecule has 29 heavy (non-hydrogen) atoms. The molecule has 1 aliphatic carbocycles. The maximum absolute atomic E-state index is 10.9. The molecule has 1 saturated carbocycles. The summed E-state index contributed by atoms with van der Waals surface area (Å²) in [7, 11) is 0. The van der Waals surface area contributed by atoms with Crippen LogP contribution in [-0.4, -0.2) is 51.6 Å². The molecular formula is C21H21N5O2S. The number of fused-ring (bicyclic) bond motifs is 2. The van der Waals surface area contributed by atoms with Crippen molar-refractivity contribution in [3.8, 4) is 11.4 Å². The van der Waals surface area contributed by atoms with Crippen LogP contribution in [0.1, 0.15) is 24.1 Å². The van der Waals surface area contributed by atoms with E-state index in [4.69, 9.17) is 14.7 Å². The number of morpholine rings is 1. The molecule has 4 aromatic rings. The monoisotopic (exact) mass is 407 g/mol. The zero-order chi connectivity index (χ0) is 19.4. The molecule has 0 amide bonds. The van der Waals surface area contributed by atoms with Crippen LogP contribution in [0.5, 0.6) is 0 Å². The Kier molecular flexibility index (Phi) is 3.87. The first-order valence-electron chi connectivity index (χ1n) is 10.0. The topological polar surface area (TPSA) is 87.2 Å². The predicted molar refractivity (Wildman–Crippen MR) is 113 cm³/mol. The van der Waals surface area contributed by atoms with Crippen molar-refractivity contribution in [1.82, 2.24) is 20.2 Å². The summed E-state index contributed by atoms with van der Waals surface area (Å²) in [5.41, 5.74) is 2.13. The van der Waals surface area contributed by atoms with Gasteiger partial charge < -0.3 is 14.7 Å². The van der Waals surface area contributed by atoms with Crippen LogP contribution in [0.2, 0.25) is 0 Å². The fourth-order valence-corrected chi connectivity index (χ4v) is 5.44. The molecule has 2 N–H and O–H groups in total. The van der Waals surface area contributed by atoms with Crippen LogP contribution >= 0.6 is 11.3 Å². The highest BCUT2D eigenvalue weighted by atomic mass is 32.1. The molecule has 0 spiro atoms. The van der Waals surface area contributed by atoms with Crippen LogP contribution in [0.25, 0.3) is 32.5 Å². The quantitative estimate of drug-likeness (QED) is 0.541. The van der Waals surface area contributed by atoms with E-state index in [1.54, 1.807) is 11.3 Å². The van der Waals surface area contributed by atoms with E-state index in [0.29, 0.717) is 19.0 Å². The Hall–Kier alpha value is -2.55. The molecule has 4 heterocycles. The van der Waals surface area contributed by atoms with E-state index >= 15 is 0 Å². The first-order valence-corrected chi connectivity index (χ1v) is 10.8. The number of H-pyrrole nitrogens is 1. The molecule has 148 valence electrons. The van der Waals surface area contributed by atoms with Crippen molar-refractivity contribution in [2.45, 2.75) is 24.9 Å². The van der Waals surface area contributed by atoms with Crippen LogP contribution in [0.3, 0.4) is 0 Å². The fraction of sp³-hybridized carbons (Fsp3) is 0.381. The second-order valence-electron chi connectivity index (χ2n) is 7.82. The third-order valence-corrected chi connectivity index (χ3v) is 7.34. The number of anilines is 1. The molecule has 6 rings (SSSR count). The van der Waals surface area contributed by atoms with Crippen LogP contribution < -0.4 is 4.90 Å². The SMILES string of the molecule is OC1(c2cc3nc(-c4cccc5[nH]ncc45)nc(N4CCOCC4)c3s2)CCC1. The van der Waals surface area contributed by atoms with E-state index in [1.807, 2.05) is 24.4 Å². The summed E-state index contributed by atoms with van der Waals surface area (Å²) in [4.78, 5) is 13.2. The number of hydrogen-bond acceptors (Lipinski definition) is 7. The number of aliphatic hydroxyl groups is 1. The number of benzene rings is 1. The number of hydrogen-bond donors (Lipinski definition) is 2. The zero-order valence-electron chi connectivity index (χ0n) is 15.9. The lowest BCUT2D eigenvalue weighted by atomic mass is 9.79. The first kappa shape index (κ1) is 17.3. The molecule has 1 aliphatic heterocycles. The largest absolute Gasteiger partial charge is 0.384 e. The van der Waals surface area contributed by atoms with E-state index in [-0.39, 0.29) is 0 Å². The van der Waals surface area contributed by atoms with E-state index in [0.717, 1.165) is 69.7 Å². The van der Waals surface area contributed by atoms with Gasteiger partial charge in [0.1, 0.15) is 0 Å². The maximum atomic E-state index is 10.9. The van der Waals surface area contributed by atoms with Gasteiger partial charge in [0.15, 0.2) is 11.6 Å². The summed E-state index contributed by atoms with van der Waals surface area (Å²) in [6.45, 7) is 3.00. The second kappa shape index (κ2) is 6.48. The molecular weight excluding hydrogens is 386 g/mol. The molecule has 0 bridgehead atoms. The fourth-order valence-electron chi connectivity index (χ4n) is 4.18. The number of aromatic nitrogens is 4. The average molecular weight is 407 g/mol. The van der Waals surface area contributed by atoms with Crippen molar-refractivity contribution in [1.29, 1.82) is 0 Å². The van der Waals surface area contributed by atoms with Crippen LogP contribution in [0, 0.1) is 0 Å². The number of rotatable bonds is 3. The van der Waals surface area contributed by atoms with E-state index in [2.05, 4.69) is 21.2 Å². The minimum Gasteiger partial charge on any atom is -0.384 e. The Bertz CT molecular complexity index is 1210. The standard InChI is InChI=1S/C21H21N5O2S/c27-21(5-2-6-21)17-11-16-18(29-17)20(26-7-9-28-10-8-26)24-19(23-16)13-3-1-4-15-14(13)12-22-25-15/h1,3-4,11-12,27H,2,5-10H2,(H,22,25). The lowest BCUT2D eigenvalue weighted by Crippen LogP contribution is -2.36. The van der Waals surface area contributed by atoms with Crippen LogP contribution in [0.4, 0.5) is 5.82 Å². The van der Waals surface area contributed by atoms with Crippen molar-refractivity contribution in [3.63, 3.8) is 0 Å². The average Bonchev–Trinajstić information content (AvgIpc) is 3.38. The Morgan fingerprint density at radius 2 is 2.03 bits per heavy atom. The summed E-state index contributed by atoms with van der Waals surface area (Å²) in [6, 6.07) is 8.09. The van der Waals surface area contributed by atoms with Gasteiger partial charge in [-0.3, -0.25) is 5.10 Å². The maximum Gasteiger partial charge on any atom is 0.162 e. The number of thiophene rings is 1.